The zero-order valence-electron chi connectivity index (χ0n) is 35.5. The lowest BCUT2D eigenvalue weighted by Crippen LogP contribution is -2.53. The van der Waals surface area contributed by atoms with Crippen LogP contribution < -0.4 is 5.32 Å². The predicted octanol–water partition coefficient (Wildman–Crippen LogP) is 12.3. The summed E-state index contributed by atoms with van der Waals surface area (Å²) in [5, 5.41) is 43.7. The van der Waals surface area contributed by atoms with Crippen LogP contribution in [0, 0.1) is 0 Å². The first-order chi connectivity index (χ1) is 26.5. The Morgan fingerprint density at radius 1 is 0.444 bits per heavy atom. The van der Waals surface area contributed by atoms with Gasteiger partial charge in [-0.2, -0.15) is 0 Å². The van der Waals surface area contributed by atoms with Crippen molar-refractivity contribution < 1.29 is 25.2 Å². The third-order valence-electron chi connectivity index (χ3n) is 10.5. The van der Waals surface area contributed by atoms with E-state index in [1.165, 1.54) is 122 Å². The number of hydrogen-bond donors (Lipinski definition) is 5. The number of unbranched alkanes of at least 4 members (excludes halogenated alkanes) is 24. The average Bonchev–Trinajstić information content (AvgIpc) is 3.18. The molecule has 0 radical (unpaired) electrons. The van der Waals surface area contributed by atoms with Gasteiger partial charge in [0.1, 0.15) is 12.2 Å². The van der Waals surface area contributed by atoms with E-state index in [0.717, 1.165) is 64.2 Å². The minimum Gasteiger partial charge on any atom is -0.394 e. The Kier molecular flexibility index (Phi) is 41.1. The van der Waals surface area contributed by atoms with Crippen LogP contribution in [0.25, 0.3) is 0 Å². The summed E-state index contributed by atoms with van der Waals surface area (Å²) in [5.74, 6) is -0.609. The van der Waals surface area contributed by atoms with Crippen LogP contribution in [0.3, 0.4) is 0 Å². The molecular formula is C48H89NO5. The van der Waals surface area contributed by atoms with Crippen molar-refractivity contribution in [2.24, 2.45) is 0 Å². The number of carbonyl (C=O) groups excluding carboxylic acids is 1. The largest absolute Gasteiger partial charge is 0.394 e. The maximum Gasteiger partial charge on any atom is 0.249 e. The van der Waals surface area contributed by atoms with Gasteiger partial charge in [-0.3, -0.25) is 4.79 Å². The van der Waals surface area contributed by atoms with E-state index in [9.17, 15) is 25.2 Å². The van der Waals surface area contributed by atoms with E-state index < -0.39 is 36.9 Å². The number of nitrogens with one attached hydrogen (secondary N) is 1. The summed E-state index contributed by atoms with van der Waals surface area (Å²) in [6.45, 7) is 4.03. The van der Waals surface area contributed by atoms with Crippen LogP contribution in [-0.4, -0.2) is 57.3 Å². The van der Waals surface area contributed by atoms with E-state index in [4.69, 9.17) is 0 Å². The van der Waals surface area contributed by atoms with Crippen molar-refractivity contribution in [2.45, 2.75) is 244 Å². The van der Waals surface area contributed by atoms with E-state index in [2.05, 4.69) is 67.8 Å². The molecule has 316 valence electrons. The standard InChI is InChI=1S/C48H89NO5/c1-3-5-7-9-11-13-15-17-19-21-22-23-24-26-27-29-31-33-35-37-39-41-45(51)47(53)44(43-50)49-48(54)46(52)42-40-38-36-34-32-30-28-25-20-18-16-14-12-10-8-6-4-2/h21-22,26-28,30,33,35,44-47,50-53H,3-20,23-25,29,31-32,34,36-43H2,1-2H3,(H,49,54)/b22-21+,27-26+,30-28-,35-33+. The molecule has 0 spiro atoms. The Balaban J connectivity index is 3.84. The molecule has 1 amide bonds. The number of rotatable bonds is 41. The summed E-state index contributed by atoms with van der Waals surface area (Å²) in [6, 6.07) is -1.02. The number of allylic oxidation sites excluding steroid dienone is 8. The van der Waals surface area contributed by atoms with Crippen molar-refractivity contribution in [2.75, 3.05) is 6.61 Å². The molecule has 6 heteroatoms. The molecule has 0 heterocycles. The quantitative estimate of drug-likeness (QED) is 0.0315. The van der Waals surface area contributed by atoms with Gasteiger partial charge in [0, 0.05) is 0 Å². The molecule has 0 aromatic heterocycles. The number of amides is 1. The van der Waals surface area contributed by atoms with Crippen LogP contribution in [0.15, 0.2) is 48.6 Å². The summed E-state index contributed by atoms with van der Waals surface area (Å²) in [6.07, 6.45) is 51.4. The summed E-state index contributed by atoms with van der Waals surface area (Å²) >= 11 is 0. The Hall–Kier alpha value is -1.73. The summed E-state index contributed by atoms with van der Waals surface area (Å²) in [4.78, 5) is 12.5. The lowest BCUT2D eigenvalue weighted by molar-refractivity contribution is -0.132. The molecule has 0 aliphatic heterocycles. The maximum atomic E-state index is 12.5. The van der Waals surface area contributed by atoms with Gasteiger partial charge in [0.25, 0.3) is 0 Å². The van der Waals surface area contributed by atoms with E-state index in [-0.39, 0.29) is 0 Å². The van der Waals surface area contributed by atoms with Crippen molar-refractivity contribution in [1.29, 1.82) is 0 Å². The fourth-order valence-electron chi connectivity index (χ4n) is 6.78. The van der Waals surface area contributed by atoms with Crippen molar-refractivity contribution in [3.8, 4) is 0 Å². The Morgan fingerprint density at radius 2 is 0.778 bits per heavy atom. The molecule has 0 saturated heterocycles. The fourth-order valence-corrected chi connectivity index (χ4v) is 6.78. The SMILES string of the molecule is CCCCCCCCCC/C=C/CC/C=C/CC/C=C/CCCC(O)C(O)C(CO)NC(=O)C(O)CCCCCC/C=C\CCCCCCCCCCC. The highest BCUT2D eigenvalue weighted by atomic mass is 16.3. The molecule has 0 saturated carbocycles. The van der Waals surface area contributed by atoms with E-state index in [1.54, 1.807) is 0 Å². The van der Waals surface area contributed by atoms with E-state index in [1.807, 2.05) is 0 Å². The molecule has 4 atom stereocenters. The monoisotopic (exact) mass is 760 g/mol. The maximum absolute atomic E-state index is 12.5. The van der Waals surface area contributed by atoms with Gasteiger partial charge in [0.05, 0.1) is 18.8 Å². The molecule has 4 unspecified atom stereocenters. The van der Waals surface area contributed by atoms with Crippen LogP contribution >= 0.6 is 0 Å². The minimum atomic E-state index is -1.30. The molecular weight excluding hydrogens is 671 g/mol. The smallest absolute Gasteiger partial charge is 0.249 e. The summed E-state index contributed by atoms with van der Waals surface area (Å²) in [7, 11) is 0. The second kappa shape index (κ2) is 42.4. The lowest BCUT2D eigenvalue weighted by atomic mass is 10.00. The van der Waals surface area contributed by atoms with Crippen LogP contribution in [0.4, 0.5) is 0 Å². The van der Waals surface area contributed by atoms with Crippen molar-refractivity contribution in [3.63, 3.8) is 0 Å². The molecule has 0 fully saturated rings. The minimum absolute atomic E-state index is 0.343. The third-order valence-corrected chi connectivity index (χ3v) is 10.5. The first-order valence-electron chi connectivity index (χ1n) is 23.0. The molecule has 54 heavy (non-hydrogen) atoms. The van der Waals surface area contributed by atoms with Crippen molar-refractivity contribution >= 4 is 5.91 Å². The van der Waals surface area contributed by atoms with Crippen LogP contribution in [0.5, 0.6) is 0 Å². The lowest BCUT2D eigenvalue weighted by Gasteiger charge is -2.27. The zero-order valence-corrected chi connectivity index (χ0v) is 35.5. The topological polar surface area (TPSA) is 110 Å². The molecule has 0 aromatic carbocycles. The van der Waals surface area contributed by atoms with Gasteiger partial charge in [0.2, 0.25) is 5.91 Å². The van der Waals surface area contributed by atoms with Crippen molar-refractivity contribution in [3.05, 3.63) is 48.6 Å². The zero-order chi connectivity index (χ0) is 39.6. The predicted molar refractivity (Wildman–Crippen MR) is 233 cm³/mol. The number of hydrogen-bond acceptors (Lipinski definition) is 5. The second-order valence-corrected chi connectivity index (χ2v) is 15.7. The first-order valence-corrected chi connectivity index (χ1v) is 23.0. The van der Waals surface area contributed by atoms with Gasteiger partial charge in [-0.05, 0) is 89.9 Å². The molecule has 6 nitrogen and oxygen atoms in total. The first kappa shape index (κ1) is 52.3. The van der Waals surface area contributed by atoms with E-state index >= 15 is 0 Å². The molecule has 0 aliphatic rings. The van der Waals surface area contributed by atoms with Crippen LogP contribution in [0.2, 0.25) is 0 Å². The highest BCUT2D eigenvalue weighted by molar-refractivity contribution is 5.80. The summed E-state index contributed by atoms with van der Waals surface area (Å²) in [5.41, 5.74) is 0. The third kappa shape index (κ3) is 35.9. The molecule has 0 bridgehead atoms. The Morgan fingerprint density at radius 3 is 1.17 bits per heavy atom. The van der Waals surface area contributed by atoms with Gasteiger partial charge >= 0.3 is 0 Å². The normalized spacial score (nSPS) is 14.6. The van der Waals surface area contributed by atoms with Gasteiger partial charge in [-0.25, -0.2) is 0 Å². The average molecular weight is 760 g/mol. The van der Waals surface area contributed by atoms with E-state index in [0.29, 0.717) is 19.3 Å². The highest BCUT2D eigenvalue weighted by Gasteiger charge is 2.28. The molecule has 0 aromatic rings. The second-order valence-electron chi connectivity index (χ2n) is 15.7. The van der Waals surface area contributed by atoms with Gasteiger partial charge in [-0.15, -0.1) is 0 Å². The number of carbonyl (C=O) groups is 1. The molecule has 0 rings (SSSR count). The Labute approximate surface area is 334 Å². The number of aliphatic hydroxyl groups is 4. The van der Waals surface area contributed by atoms with Gasteiger partial charge in [-0.1, -0.05) is 178 Å². The molecule has 5 N–H and O–H groups in total. The number of aliphatic hydroxyl groups excluding tert-OH is 4. The van der Waals surface area contributed by atoms with Gasteiger partial charge < -0.3 is 25.7 Å². The Bertz CT molecular complexity index is 900. The van der Waals surface area contributed by atoms with Gasteiger partial charge in [0.15, 0.2) is 0 Å². The van der Waals surface area contributed by atoms with Crippen LogP contribution in [0.1, 0.15) is 219 Å². The van der Waals surface area contributed by atoms with Crippen LogP contribution in [-0.2, 0) is 4.79 Å². The highest BCUT2D eigenvalue weighted by Crippen LogP contribution is 2.14. The molecule has 0 aliphatic carbocycles. The summed E-state index contributed by atoms with van der Waals surface area (Å²) < 4.78 is 0. The fraction of sp³-hybridized carbons (Fsp3) is 0.812. The van der Waals surface area contributed by atoms with Crippen molar-refractivity contribution in [1.82, 2.24) is 5.32 Å².